The topological polar surface area (TPSA) is 74.6 Å². The Bertz CT molecular complexity index is 1140. The molecule has 0 unspecified atom stereocenters. The van der Waals surface area contributed by atoms with Gasteiger partial charge in [0.15, 0.2) is 0 Å². The first-order valence-corrected chi connectivity index (χ1v) is 9.67. The fraction of sp³-hybridized carbons (Fsp3) is 0.273. The molecule has 0 bridgehead atoms. The second-order valence-corrected chi connectivity index (χ2v) is 7.44. The van der Waals surface area contributed by atoms with Crippen LogP contribution in [-0.2, 0) is 13.0 Å². The molecule has 0 spiro atoms. The molecule has 2 aliphatic heterocycles. The van der Waals surface area contributed by atoms with Gasteiger partial charge in [0.25, 0.3) is 11.5 Å². The molecule has 3 heterocycles. The van der Waals surface area contributed by atoms with Crippen molar-refractivity contribution in [1.29, 1.82) is 0 Å². The fourth-order valence-electron chi connectivity index (χ4n) is 4.35. The molecule has 0 aliphatic carbocycles. The minimum Gasteiger partial charge on any atom is -0.506 e. The smallest absolute Gasteiger partial charge is 0.267 e. The van der Waals surface area contributed by atoms with Crippen molar-refractivity contribution in [1.82, 2.24) is 4.57 Å². The van der Waals surface area contributed by atoms with Crippen molar-refractivity contribution in [2.45, 2.75) is 25.8 Å². The number of para-hydroxylation sites is 1. The molecule has 142 valence electrons. The van der Waals surface area contributed by atoms with Crippen LogP contribution in [0.3, 0.4) is 0 Å². The van der Waals surface area contributed by atoms with Gasteiger partial charge in [0.1, 0.15) is 11.3 Å². The summed E-state index contributed by atoms with van der Waals surface area (Å²) in [6.07, 6.45) is 3.14. The quantitative estimate of drug-likeness (QED) is 0.738. The second kappa shape index (κ2) is 6.41. The predicted molar refractivity (Wildman–Crippen MR) is 109 cm³/mol. The summed E-state index contributed by atoms with van der Waals surface area (Å²) in [7, 11) is 0. The van der Waals surface area contributed by atoms with E-state index in [4.69, 9.17) is 0 Å². The summed E-state index contributed by atoms with van der Waals surface area (Å²) in [4.78, 5) is 28.0. The van der Waals surface area contributed by atoms with E-state index in [1.807, 2.05) is 36.4 Å². The highest BCUT2D eigenvalue weighted by molar-refractivity contribution is 6.09. The first kappa shape index (κ1) is 16.9. The van der Waals surface area contributed by atoms with Crippen LogP contribution in [0.25, 0.3) is 10.9 Å². The van der Waals surface area contributed by atoms with Crippen LogP contribution in [0.1, 0.15) is 28.8 Å². The average Bonchev–Trinajstić information content (AvgIpc) is 3.38. The molecule has 28 heavy (non-hydrogen) atoms. The standard InChI is InChI=1S/C22H21N3O3/c26-20-17-5-3-4-14-10-13-25(19(14)17)22(28)18(20)21(27)23-15-6-8-16(9-7-15)24-11-1-2-12-24/h3-9,26H,1-2,10-13H2,(H,23,27). The van der Waals surface area contributed by atoms with E-state index in [9.17, 15) is 14.7 Å². The van der Waals surface area contributed by atoms with Crippen molar-refractivity contribution in [2.24, 2.45) is 0 Å². The van der Waals surface area contributed by atoms with E-state index in [1.54, 1.807) is 10.6 Å². The van der Waals surface area contributed by atoms with Gasteiger partial charge in [-0.2, -0.15) is 0 Å². The summed E-state index contributed by atoms with van der Waals surface area (Å²) in [6, 6.07) is 13.1. The first-order chi connectivity index (χ1) is 13.6. The monoisotopic (exact) mass is 375 g/mol. The van der Waals surface area contributed by atoms with Gasteiger partial charge in [0.05, 0.1) is 5.52 Å². The number of amides is 1. The lowest BCUT2D eigenvalue weighted by Crippen LogP contribution is -2.28. The number of aromatic nitrogens is 1. The molecule has 6 heteroatoms. The lowest BCUT2D eigenvalue weighted by Gasteiger charge is -2.18. The molecular weight excluding hydrogens is 354 g/mol. The average molecular weight is 375 g/mol. The molecule has 2 aromatic carbocycles. The zero-order chi connectivity index (χ0) is 19.3. The molecular formula is C22H21N3O3. The van der Waals surface area contributed by atoms with Crippen molar-refractivity contribution >= 4 is 28.2 Å². The number of aromatic hydroxyl groups is 1. The Kier molecular flexibility index (Phi) is 3.86. The molecule has 1 amide bonds. The summed E-state index contributed by atoms with van der Waals surface area (Å²) >= 11 is 0. The molecule has 2 N–H and O–H groups in total. The maximum atomic E-state index is 12.9. The summed E-state index contributed by atoms with van der Waals surface area (Å²) in [6.45, 7) is 2.64. The Hall–Kier alpha value is -3.28. The Balaban J connectivity index is 1.48. The lowest BCUT2D eigenvalue weighted by molar-refractivity contribution is 0.102. The second-order valence-electron chi connectivity index (χ2n) is 7.44. The van der Waals surface area contributed by atoms with Crippen LogP contribution in [0.4, 0.5) is 11.4 Å². The summed E-state index contributed by atoms with van der Waals surface area (Å²) in [5.41, 5.74) is 2.84. The predicted octanol–water partition coefficient (Wildman–Crippen LogP) is 3.12. The largest absolute Gasteiger partial charge is 0.506 e. The third-order valence-electron chi connectivity index (χ3n) is 5.77. The molecule has 0 saturated carbocycles. The number of carbonyl (C=O) groups excluding carboxylic acids is 1. The van der Waals surface area contributed by atoms with Crippen LogP contribution in [0, 0.1) is 0 Å². The number of benzene rings is 2. The Morgan fingerprint density at radius 3 is 2.50 bits per heavy atom. The SMILES string of the molecule is O=C(Nc1ccc(N2CCCC2)cc1)c1c(O)c2cccc3c2n(c1=O)CC3. The fourth-order valence-corrected chi connectivity index (χ4v) is 4.35. The number of anilines is 2. The lowest BCUT2D eigenvalue weighted by atomic mass is 10.1. The van der Waals surface area contributed by atoms with Crippen LogP contribution in [0.5, 0.6) is 5.75 Å². The molecule has 1 saturated heterocycles. The molecule has 2 aliphatic rings. The number of nitrogens with zero attached hydrogens (tertiary/aromatic N) is 2. The van der Waals surface area contributed by atoms with Crippen molar-refractivity contribution in [3.63, 3.8) is 0 Å². The van der Waals surface area contributed by atoms with Crippen LogP contribution < -0.4 is 15.8 Å². The van der Waals surface area contributed by atoms with Gasteiger partial charge >= 0.3 is 0 Å². The van der Waals surface area contributed by atoms with Gasteiger partial charge in [-0.3, -0.25) is 9.59 Å². The van der Waals surface area contributed by atoms with Gasteiger partial charge in [0, 0.05) is 36.4 Å². The van der Waals surface area contributed by atoms with Crippen LogP contribution in [0.2, 0.25) is 0 Å². The van der Waals surface area contributed by atoms with E-state index in [1.165, 1.54) is 12.8 Å². The van der Waals surface area contributed by atoms with Crippen molar-refractivity contribution in [2.75, 3.05) is 23.3 Å². The van der Waals surface area contributed by atoms with E-state index in [2.05, 4.69) is 10.2 Å². The number of pyridine rings is 1. The Morgan fingerprint density at radius 1 is 1.00 bits per heavy atom. The molecule has 6 nitrogen and oxygen atoms in total. The number of aryl methyl sites for hydroxylation is 2. The number of hydrogen-bond donors (Lipinski definition) is 2. The number of rotatable bonds is 3. The minimum atomic E-state index is -0.584. The summed E-state index contributed by atoms with van der Waals surface area (Å²) in [5, 5.41) is 14.0. The number of nitrogens with one attached hydrogen (secondary N) is 1. The maximum absolute atomic E-state index is 12.9. The Labute approximate surface area is 162 Å². The van der Waals surface area contributed by atoms with Gasteiger partial charge in [-0.1, -0.05) is 12.1 Å². The van der Waals surface area contributed by atoms with E-state index < -0.39 is 11.5 Å². The molecule has 1 aromatic heterocycles. The summed E-state index contributed by atoms with van der Waals surface area (Å²) < 4.78 is 1.59. The molecule has 0 atom stereocenters. The number of carbonyl (C=O) groups is 1. The van der Waals surface area contributed by atoms with Crippen LogP contribution in [-0.4, -0.2) is 28.7 Å². The minimum absolute atomic E-state index is 0.199. The first-order valence-electron chi connectivity index (χ1n) is 9.67. The van der Waals surface area contributed by atoms with Gasteiger partial charge in [-0.05, 0) is 55.2 Å². The van der Waals surface area contributed by atoms with Gasteiger partial charge in [-0.15, -0.1) is 0 Å². The zero-order valence-corrected chi connectivity index (χ0v) is 15.4. The third-order valence-corrected chi connectivity index (χ3v) is 5.77. The third kappa shape index (κ3) is 2.56. The van der Waals surface area contributed by atoms with Crippen molar-refractivity contribution < 1.29 is 9.90 Å². The highest BCUT2D eigenvalue weighted by Crippen LogP contribution is 2.32. The Morgan fingerprint density at radius 2 is 1.75 bits per heavy atom. The van der Waals surface area contributed by atoms with Gasteiger partial charge in [0.2, 0.25) is 0 Å². The normalized spacial score (nSPS) is 15.4. The van der Waals surface area contributed by atoms with Crippen molar-refractivity contribution in [3.8, 4) is 5.75 Å². The van der Waals surface area contributed by atoms with Crippen molar-refractivity contribution in [3.05, 3.63) is 63.9 Å². The zero-order valence-electron chi connectivity index (χ0n) is 15.4. The maximum Gasteiger partial charge on any atom is 0.267 e. The van der Waals surface area contributed by atoms with Gasteiger partial charge in [-0.25, -0.2) is 0 Å². The van der Waals surface area contributed by atoms with Crippen LogP contribution >= 0.6 is 0 Å². The summed E-state index contributed by atoms with van der Waals surface area (Å²) in [5.74, 6) is -0.828. The molecule has 1 fully saturated rings. The highest BCUT2D eigenvalue weighted by Gasteiger charge is 2.26. The van der Waals surface area contributed by atoms with E-state index in [0.717, 1.165) is 36.3 Å². The van der Waals surface area contributed by atoms with E-state index >= 15 is 0 Å². The molecule has 5 rings (SSSR count). The molecule has 0 radical (unpaired) electrons. The molecule has 3 aromatic rings. The number of hydrogen-bond acceptors (Lipinski definition) is 4. The van der Waals surface area contributed by atoms with Crippen LogP contribution in [0.15, 0.2) is 47.3 Å². The van der Waals surface area contributed by atoms with E-state index in [-0.39, 0.29) is 11.3 Å². The van der Waals surface area contributed by atoms with E-state index in [0.29, 0.717) is 17.6 Å². The highest BCUT2D eigenvalue weighted by atomic mass is 16.3. The van der Waals surface area contributed by atoms with Gasteiger partial charge < -0.3 is 19.9 Å².